The Balaban J connectivity index is 2.08. The SMILES string of the molecule is COc1cc(C=NN=C2NC(=O)C(CC(=O)O)S2)ccc1C(=O)O. The van der Waals surface area contributed by atoms with Gasteiger partial charge < -0.3 is 20.3 Å². The lowest BCUT2D eigenvalue weighted by Gasteiger charge is -2.04. The Morgan fingerprint density at radius 3 is 2.79 bits per heavy atom. The van der Waals surface area contributed by atoms with Gasteiger partial charge in [0.25, 0.3) is 0 Å². The molecule has 0 bridgehead atoms. The molecule has 0 spiro atoms. The van der Waals surface area contributed by atoms with Crippen LogP contribution in [0.25, 0.3) is 0 Å². The fraction of sp³-hybridized carbons (Fsp3) is 0.214. The van der Waals surface area contributed by atoms with Gasteiger partial charge in [-0.1, -0.05) is 17.8 Å². The second-order valence-corrected chi connectivity index (χ2v) is 5.80. The topological polar surface area (TPSA) is 138 Å². The predicted octanol–water partition coefficient (Wildman–Crippen LogP) is 0.790. The molecule has 10 heteroatoms. The first-order valence-electron chi connectivity index (χ1n) is 6.62. The molecule has 9 nitrogen and oxygen atoms in total. The third-order valence-electron chi connectivity index (χ3n) is 2.95. The van der Waals surface area contributed by atoms with Crippen molar-refractivity contribution >= 4 is 41.0 Å². The monoisotopic (exact) mass is 351 g/mol. The molecule has 1 amide bonds. The molecule has 1 aliphatic heterocycles. The second-order valence-electron chi connectivity index (χ2n) is 4.61. The van der Waals surface area contributed by atoms with Crippen molar-refractivity contribution in [3.63, 3.8) is 0 Å². The van der Waals surface area contributed by atoms with Gasteiger partial charge in [0.2, 0.25) is 5.91 Å². The van der Waals surface area contributed by atoms with E-state index in [1.807, 2.05) is 0 Å². The number of hydrogen-bond acceptors (Lipinski definition) is 7. The number of carboxylic acid groups (broad SMARTS) is 2. The van der Waals surface area contributed by atoms with Crippen molar-refractivity contribution in [1.29, 1.82) is 0 Å². The molecule has 0 saturated carbocycles. The number of nitrogens with zero attached hydrogens (tertiary/aromatic N) is 2. The van der Waals surface area contributed by atoms with Crippen LogP contribution in [-0.2, 0) is 9.59 Å². The number of nitrogens with one attached hydrogen (secondary N) is 1. The molecule has 126 valence electrons. The lowest BCUT2D eigenvalue weighted by molar-refractivity contribution is -0.138. The van der Waals surface area contributed by atoms with Gasteiger partial charge in [-0.25, -0.2) is 4.79 Å². The van der Waals surface area contributed by atoms with Crippen LogP contribution in [0.2, 0.25) is 0 Å². The number of amides is 1. The van der Waals surface area contributed by atoms with Gasteiger partial charge in [0, 0.05) is 0 Å². The van der Waals surface area contributed by atoms with E-state index < -0.39 is 23.1 Å². The molecular formula is C14H13N3O6S. The van der Waals surface area contributed by atoms with Crippen LogP contribution in [-0.4, -0.2) is 51.8 Å². The molecule has 1 fully saturated rings. The zero-order valence-electron chi connectivity index (χ0n) is 12.4. The third-order valence-corrected chi connectivity index (χ3v) is 4.02. The summed E-state index contributed by atoms with van der Waals surface area (Å²) in [6.45, 7) is 0. The van der Waals surface area contributed by atoms with Crippen molar-refractivity contribution in [3.05, 3.63) is 29.3 Å². The minimum absolute atomic E-state index is 0.0242. The molecule has 2 rings (SSSR count). The molecule has 24 heavy (non-hydrogen) atoms. The number of thioether (sulfide) groups is 1. The molecule has 1 unspecified atom stereocenters. The summed E-state index contributed by atoms with van der Waals surface area (Å²) in [6, 6.07) is 4.40. The molecule has 3 N–H and O–H groups in total. The molecule has 1 aliphatic rings. The largest absolute Gasteiger partial charge is 0.496 e. The average molecular weight is 351 g/mol. The number of methoxy groups -OCH3 is 1. The van der Waals surface area contributed by atoms with Crippen LogP contribution in [0, 0.1) is 0 Å². The van der Waals surface area contributed by atoms with Gasteiger partial charge in [-0.15, -0.1) is 5.10 Å². The number of aliphatic carboxylic acids is 1. The Hall–Kier alpha value is -2.88. The normalized spacial score (nSPS) is 18.8. The van der Waals surface area contributed by atoms with Crippen LogP contribution >= 0.6 is 11.8 Å². The van der Waals surface area contributed by atoms with Crippen molar-refractivity contribution in [1.82, 2.24) is 5.32 Å². The van der Waals surface area contributed by atoms with Gasteiger partial charge in [-0.3, -0.25) is 9.59 Å². The van der Waals surface area contributed by atoms with E-state index in [4.69, 9.17) is 14.9 Å². The van der Waals surface area contributed by atoms with Crippen LogP contribution in [0.4, 0.5) is 0 Å². The third kappa shape index (κ3) is 4.32. The van der Waals surface area contributed by atoms with Crippen LogP contribution in [0.5, 0.6) is 5.75 Å². The maximum atomic E-state index is 11.5. The molecule has 1 aromatic carbocycles. The molecule has 0 aliphatic carbocycles. The number of carbonyl (C=O) groups is 3. The standard InChI is InChI=1S/C14H13N3O6S/c1-23-9-4-7(2-3-8(9)13(21)22)6-15-17-14-16-12(20)10(24-14)5-11(18)19/h2-4,6,10H,5H2,1H3,(H,18,19)(H,21,22)(H,16,17,20). The molecule has 1 saturated heterocycles. The van der Waals surface area contributed by atoms with Crippen LogP contribution in [0.1, 0.15) is 22.3 Å². The Labute approximate surface area is 140 Å². The number of benzene rings is 1. The van der Waals surface area contributed by atoms with Crippen LogP contribution in [0.15, 0.2) is 28.4 Å². The van der Waals surface area contributed by atoms with Crippen molar-refractivity contribution < 1.29 is 29.3 Å². The van der Waals surface area contributed by atoms with Gasteiger partial charge in [0.1, 0.15) is 16.6 Å². The highest BCUT2D eigenvalue weighted by molar-refractivity contribution is 8.15. The Morgan fingerprint density at radius 2 is 2.17 bits per heavy atom. The number of rotatable bonds is 6. The minimum atomic E-state index is -1.11. The summed E-state index contributed by atoms with van der Waals surface area (Å²) in [4.78, 5) is 33.2. The lowest BCUT2D eigenvalue weighted by Crippen LogP contribution is -2.26. The molecule has 0 radical (unpaired) electrons. The zero-order chi connectivity index (χ0) is 17.7. The van der Waals surface area contributed by atoms with E-state index in [-0.39, 0.29) is 22.9 Å². The summed E-state index contributed by atoms with van der Waals surface area (Å²) in [6.07, 6.45) is 1.06. The van der Waals surface area contributed by atoms with Crippen molar-refractivity contribution in [2.75, 3.05) is 7.11 Å². The Kier molecular flexibility index (Phi) is 5.53. The molecular weight excluding hydrogens is 338 g/mol. The lowest BCUT2D eigenvalue weighted by atomic mass is 10.1. The summed E-state index contributed by atoms with van der Waals surface area (Å²) in [7, 11) is 1.36. The van der Waals surface area contributed by atoms with Gasteiger partial charge in [-0.2, -0.15) is 5.10 Å². The van der Waals surface area contributed by atoms with E-state index in [1.165, 1.54) is 31.5 Å². The van der Waals surface area contributed by atoms with Crippen molar-refractivity contribution in [3.8, 4) is 5.75 Å². The van der Waals surface area contributed by atoms with Gasteiger partial charge in [0.05, 0.1) is 19.7 Å². The highest BCUT2D eigenvalue weighted by Crippen LogP contribution is 2.22. The van der Waals surface area contributed by atoms with E-state index in [9.17, 15) is 14.4 Å². The maximum Gasteiger partial charge on any atom is 0.339 e. The quantitative estimate of drug-likeness (QED) is 0.509. The Bertz CT molecular complexity index is 746. The van der Waals surface area contributed by atoms with E-state index in [0.29, 0.717) is 5.56 Å². The Morgan fingerprint density at radius 1 is 1.42 bits per heavy atom. The molecule has 0 aromatic heterocycles. The minimum Gasteiger partial charge on any atom is -0.496 e. The molecule has 1 atom stereocenters. The van der Waals surface area contributed by atoms with E-state index in [2.05, 4.69) is 15.5 Å². The van der Waals surface area contributed by atoms with Gasteiger partial charge in [-0.05, 0) is 17.7 Å². The number of hydrogen-bond donors (Lipinski definition) is 3. The van der Waals surface area contributed by atoms with Crippen LogP contribution in [0.3, 0.4) is 0 Å². The summed E-state index contributed by atoms with van der Waals surface area (Å²) >= 11 is 0.989. The predicted molar refractivity (Wildman–Crippen MR) is 86.8 cm³/mol. The zero-order valence-corrected chi connectivity index (χ0v) is 13.2. The number of aromatic carboxylic acids is 1. The average Bonchev–Trinajstić information content (AvgIpc) is 2.86. The van der Waals surface area contributed by atoms with Crippen molar-refractivity contribution in [2.45, 2.75) is 11.7 Å². The second kappa shape index (κ2) is 7.59. The van der Waals surface area contributed by atoms with Gasteiger partial charge in [0.15, 0.2) is 5.17 Å². The summed E-state index contributed by atoms with van der Waals surface area (Å²) in [5.41, 5.74) is 0.577. The molecule has 1 aromatic rings. The number of amidine groups is 1. The van der Waals surface area contributed by atoms with Crippen molar-refractivity contribution in [2.24, 2.45) is 10.2 Å². The highest BCUT2D eigenvalue weighted by atomic mass is 32.2. The molecule has 1 heterocycles. The highest BCUT2D eigenvalue weighted by Gasteiger charge is 2.32. The maximum absolute atomic E-state index is 11.5. The first kappa shape index (κ1) is 17.5. The number of carbonyl (C=O) groups excluding carboxylic acids is 1. The summed E-state index contributed by atoms with van der Waals surface area (Å²) < 4.78 is 5.00. The first-order chi connectivity index (χ1) is 11.4. The van der Waals surface area contributed by atoms with E-state index in [0.717, 1.165) is 11.8 Å². The van der Waals surface area contributed by atoms with Crippen LogP contribution < -0.4 is 10.1 Å². The van der Waals surface area contributed by atoms with E-state index >= 15 is 0 Å². The van der Waals surface area contributed by atoms with E-state index in [1.54, 1.807) is 0 Å². The fourth-order valence-corrected chi connectivity index (χ4v) is 2.77. The fourth-order valence-electron chi connectivity index (χ4n) is 1.86. The summed E-state index contributed by atoms with van der Waals surface area (Å²) in [5.74, 6) is -2.42. The number of carboxylic acids is 2. The number of ether oxygens (including phenoxy) is 1. The smallest absolute Gasteiger partial charge is 0.339 e. The first-order valence-corrected chi connectivity index (χ1v) is 7.50. The van der Waals surface area contributed by atoms with Gasteiger partial charge >= 0.3 is 11.9 Å². The summed E-state index contributed by atoms with van der Waals surface area (Å²) in [5, 5.41) is 27.2.